The van der Waals surface area contributed by atoms with Gasteiger partial charge in [0.1, 0.15) is 22.8 Å². The van der Waals surface area contributed by atoms with Crippen LogP contribution in [0.3, 0.4) is 0 Å². The van der Waals surface area contributed by atoms with Gasteiger partial charge in [0.2, 0.25) is 11.9 Å². The summed E-state index contributed by atoms with van der Waals surface area (Å²) in [6.45, 7) is 19.8. The van der Waals surface area contributed by atoms with Crippen molar-refractivity contribution in [2.75, 3.05) is 32.7 Å². The number of carbonyl (C=O) groups excluding carboxylic acids is 4. The van der Waals surface area contributed by atoms with Gasteiger partial charge in [0.15, 0.2) is 0 Å². The molecule has 3 N–H and O–H groups in total. The Morgan fingerprint density at radius 1 is 0.870 bits per heavy atom. The molecule has 1 saturated heterocycles. The Bertz CT molecular complexity index is 1210. The van der Waals surface area contributed by atoms with Crippen LogP contribution in [0.5, 0.6) is 0 Å². The summed E-state index contributed by atoms with van der Waals surface area (Å²) in [5.74, 6) is -0.660. The van der Waals surface area contributed by atoms with Crippen LogP contribution >= 0.6 is 0 Å². The monoisotopic (exact) mass is 646 g/mol. The van der Waals surface area contributed by atoms with E-state index in [-0.39, 0.29) is 31.3 Å². The summed E-state index contributed by atoms with van der Waals surface area (Å²) >= 11 is 0. The fraction of sp³-hybridized carbons (Fsp3) is 0.667. The predicted molar refractivity (Wildman–Crippen MR) is 176 cm³/mol. The number of alkyl carbamates (subject to hydrolysis) is 1. The van der Waals surface area contributed by atoms with Gasteiger partial charge in [-0.3, -0.25) is 9.69 Å². The second-order valence-electron chi connectivity index (χ2n) is 14.4. The van der Waals surface area contributed by atoms with E-state index in [0.717, 1.165) is 4.90 Å². The van der Waals surface area contributed by atoms with Gasteiger partial charge in [0.05, 0.1) is 0 Å². The molecule has 1 aliphatic rings. The van der Waals surface area contributed by atoms with Crippen LogP contribution in [-0.4, -0.2) is 100 Å². The average molecular weight is 647 g/mol. The lowest BCUT2D eigenvalue weighted by atomic mass is 10.1. The molecule has 1 aromatic carbocycles. The number of ether oxygens (including phenoxy) is 3. The van der Waals surface area contributed by atoms with Crippen LogP contribution in [0.15, 0.2) is 35.3 Å². The van der Waals surface area contributed by atoms with E-state index in [1.165, 1.54) is 5.56 Å². The van der Waals surface area contributed by atoms with E-state index in [1.54, 1.807) is 67.2 Å². The molecule has 0 bridgehead atoms. The van der Waals surface area contributed by atoms with Crippen LogP contribution in [-0.2, 0) is 19.0 Å². The van der Waals surface area contributed by atoms with Crippen molar-refractivity contribution >= 4 is 30.1 Å². The predicted octanol–water partition coefficient (Wildman–Crippen LogP) is 5.05. The lowest BCUT2D eigenvalue weighted by Gasteiger charge is -2.39. The number of nitrogens with one attached hydrogen (secondary N) is 1. The first-order valence-corrected chi connectivity index (χ1v) is 15.8. The number of rotatable bonds is 8. The Morgan fingerprint density at radius 3 is 1.93 bits per heavy atom. The standard InChI is InChI=1S/C33H54N6O7/c1-23(24-15-12-11-13-16-24)37-19-21-38(22-20-37)26(40)25(35-28(41)44-31(2,3)4)17-14-18-39(30(43)46-33(8,9)10)27(34)36-29(42)45-32(5,6)7/h11-13,15-16,23,25H,14,17-22H2,1-10H3,(H,35,41)(H2,34,36,42). The third-order valence-corrected chi connectivity index (χ3v) is 6.81. The van der Waals surface area contributed by atoms with Crippen molar-refractivity contribution in [2.45, 2.75) is 111 Å². The number of amides is 4. The summed E-state index contributed by atoms with van der Waals surface area (Å²) in [5, 5.41) is 2.72. The van der Waals surface area contributed by atoms with E-state index in [0.29, 0.717) is 26.2 Å². The van der Waals surface area contributed by atoms with Crippen molar-refractivity contribution in [1.82, 2.24) is 20.0 Å². The first-order valence-electron chi connectivity index (χ1n) is 15.8. The lowest BCUT2D eigenvalue weighted by Crippen LogP contribution is -2.55. The summed E-state index contributed by atoms with van der Waals surface area (Å²) in [4.78, 5) is 60.8. The first kappa shape index (κ1) is 38.3. The molecule has 46 heavy (non-hydrogen) atoms. The summed E-state index contributed by atoms with van der Waals surface area (Å²) in [6.07, 6.45) is -2.14. The Hall–Kier alpha value is -3.87. The number of nitrogens with two attached hydrogens (primary N) is 1. The molecule has 2 atom stereocenters. The summed E-state index contributed by atoms with van der Waals surface area (Å²) in [5.41, 5.74) is 4.86. The minimum absolute atomic E-state index is 0.0464. The molecular weight excluding hydrogens is 592 g/mol. The molecule has 2 unspecified atom stereocenters. The molecule has 0 aliphatic carbocycles. The van der Waals surface area contributed by atoms with Crippen LogP contribution in [0, 0.1) is 0 Å². The Balaban J connectivity index is 2.18. The minimum Gasteiger partial charge on any atom is -0.444 e. The molecule has 0 radical (unpaired) electrons. The second-order valence-corrected chi connectivity index (χ2v) is 14.4. The zero-order valence-electron chi connectivity index (χ0n) is 29.2. The highest BCUT2D eigenvalue weighted by molar-refractivity contribution is 5.98. The number of hydrogen-bond acceptors (Lipinski definition) is 8. The largest absolute Gasteiger partial charge is 0.444 e. The van der Waals surface area contributed by atoms with Gasteiger partial charge in [-0.1, -0.05) is 30.3 Å². The van der Waals surface area contributed by atoms with Gasteiger partial charge in [-0.2, -0.15) is 0 Å². The van der Waals surface area contributed by atoms with E-state index < -0.39 is 47.1 Å². The smallest absolute Gasteiger partial charge is 0.437 e. The summed E-state index contributed by atoms with van der Waals surface area (Å²) in [6, 6.07) is 9.46. The van der Waals surface area contributed by atoms with Gasteiger partial charge < -0.3 is 30.2 Å². The molecule has 4 amide bonds. The molecule has 258 valence electrons. The fourth-order valence-electron chi connectivity index (χ4n) is 4.71. The topological polar surface area (TPSA) is 156 Å². The number of benzene rings is 1. The first-order chi connectivity index (χ1) is 21.1. The van der Waals surface area contributed by atoms with Crippen LogP contribution < -0.4 is 11.1 Å². The Morgan fingerprint density at radius 2 is 1.41 bits per heavy atom. The number of piperazine rings is 1. The van der Waals surface area contributed by atoms with Crippen molar-refractivity contribution < 1.29 is 33.4 Å². The van der Waals surface area contributed by atoms with Crippen LogP contribution in [0.4, 0.5) is 14.4 Å². The number of guanidine groups is 1. The van der Waals surface area contributed by atoms with Crippen molar-refractivity contribution in [3.63, 3.8) is 0 Å². The zero-order valence-corrected chi connectivity index (χ0v) is 29.2. The van der Waals surface area contributed by atoms with Crippen LogP contribution in [0.1, 0.15) is 93.7 Å². The molecule has 0 aromatic heterocycles. The highest BCUT2D eigenvalue weighted by Crippen LogP contribution is 2.22. The SMILES string of the molecule is CC(c1ccccc1)N1CCN(C(=O)C(CCCN(C(=O)OC(C)(C)C)/C(N)=N/C(=O)OC(C)(C)C)NC(=O)OC(C)(C)C)CC1. The second kappa shape index (κ2) is 16.1. The molecule has 1 fully saturated rings. The third-order valence-electron chi connectivity index (χ3n) is 6.81. The van der Waals surface area contributed by atoms with Crippen LogP contribution in [0.2, 0.25) is 0 Å². The molecule has 0 spiro atoms. The average Bonchev–Trinajstić information content (AvgIpc) is 2.91. The van der Waals surface area contributed by atoms with E-state index in [4.69, 9.17) is 19.9 Å². The number of carbonyl (C=O) groups is 4. The van der Waals surface area contributed by atoms with Crippen molar-refractivity contribution in [3.8, 4) is 0 Å². The normalized spacial score (nSPS) is 16.2. The van der Waals surface area contributed by atoms with E-state index >= 15 is 0 Å². The fourth-order valence-corrected chi connectivity index (χ4v) is 4.71. The number of aliphatic imine (C=N–C) groups is 1. The highest BCUT2D eigenvalue weighted by atomic mass is 16.6. The van der Waals surface area contributed by atoms with Gasteiger partial charge in [-0.15, -0.1) is 4.99 Å². The lowest BCUT2D eigenvalue weighted by molar-refractivity contribution is -0.135. The quantitative estimate of drug-likeness (QED) is 0.224. The molecule has 2 rings (SSSR count). The molecule has 1 heterocycles. The maximum Gasteiger partial charge on any atom is 0.437 e. The Labute approximate surface area is 273 Å². The molecule has 1 aromatic rings. The van der Waals surface area contributed by atoms with E-state index in [9.17, 15) is 19.2 Å². The van der Waals surface area contributed by atoms with Crippen molar-refractivity contribution in [3.05, 3.63) is 35.9 Å². The zero-order chi connectivity index (χ0) is 34.9. The molecule has 0 saturated carbocycles. The maximum atomic E-state index is 13.8. The summed E-state index contributed by atoms with van der Waals surface area (Å²) < 4.78 is 16.1. The van der Waals surface area contributed by atoms with E-state index in [2.05, 4.69) is 34.3 Å². The van der Waals surface area contributed by atoms with Crippen LogP contribution in [0.25, 0.3) is 0 Å². The van der Waals surface area contributed by atoms with Crippen molar-refractivity contribution in [1.29, 1.82) is 0 Å². The van der Waals surface area contributed by atoms with Gasteiger partial charge >= 0.3 is 18.3 Å². The summed E-state index contributed by atoms with van der Waals surface area (Å²) in [7, 11) is 0. The maximum absolute atomic E-state index is 13.8. The third kappa shape index (κ3) is 13.6. The molecular formula is C33H54N6O7. The molecule has 13 heteroatoms. The molecule has 1 aliphatic heterocycles. The van der Waals surface area contributed by atoms with Gasteiger partial charge in [0.25, 0.3) is 0 Å². The van der Waals surface area contributed by atoms with Crippen molar-refractivity contribution in [2.24, 2.45) is 10.7 Å². The van der Waals surface area contributed by atoms with E-state index in [1.807, 2.05) is 18.2 Å². The highest BCUT2D eigenvalue weighted by Gasteiger charge is 2.32. The molecule has 13 nitrogen and oxygen atoms in total. The van der Waals surface area contributed by atoms with Gasteiger partial charge in [-0.05, 0) is 87.6 Å². The Kier molecular flexibility index (Phi) is 13.4. The van der Waals surface area contributed by atoms with Gasteiger partial charge in [-0.25, -0.2) is 19.3 Å². The minimum atomic E-state index is -0.959. The van der Waals surface area contributed by atoms with Gasteiger partial charge in [0, 0.05) is 38.8 Å². The number of nitrogens with zero attached hydrogens (tertiary/aromatic N) is 4. The number of hydrogen-bond donors (Lipinski definition) is 2.